The summed E-state index contributed by atoms with van der Waals surface area (Å²) in [6, 6.07) is 18.0. The average molecular weight is 266 g/mol. The van der Waals surface area contributed by atoms with E-state index in [2.05, 4.69) is 25.1 Å². The number of hydrogen-bond acceptors (Lipinski definition) is 2. The molecule has 2 heteroatoms. The summed E-state index contributed by atoms with van der Waals surface area (Å²) in [7, 11) is 0. The van der Waals surface area contributed by atoms with Crippen molar-refractivity contribution in [2.45, 2.75) is 25.9 Å². The fraction of sp³-hybridized carbons (Fsp3) is 0.222. The van der Waals surface area contributed by atoms with Gasteiger partial charge in [0.1, 0.15) is 11.3 Å². The van der Waals surface area contributed by atoms with Gasteiger partial charge in [-0.05, 0) is 30.5 Å². The van der Waals surface area contributed by atoms with E-state index < -0.39 is 6.10 Å². The largest absolute Gasteiger partial charge is 0.461 e. The fourth-order valence-electron chi connectivity index (χ4n) is 2.51. The van der Waals surface area contributed by atoms with Gasteiger partial charge < -0.3 is 9.52 Å². The maximum atomic E-state index is 10.2. The Kier molecular flexibility index (Phi) is 3.57. The van der Waals surface area contributed by atoms with E-state index in [9.17, 15) is 5.11 Å². The lowest BCUT2D eigenvalue weighted by Gasteiger charge is -2.09. The van der Waals surface area contributed by atoms with E-state index in [1.165, 1.54) is 0 Å². The van der Waals surface area contributed by atoms with Gasteiger partial charge in [0.15, 0.2) is 0 Å². The van der Waals surface area contributed by atoms with Crippen LogP contribution in [0, 0.1) is 6.92 Å². The first kappa shape index (κ1) is 12.9. The summed E-state index contributed by atoms with van der Waals surface area (Å²) in [4.78, 5) is 0. The quantitative estimate of drug-likeness (QED) is 0.759. The van der Waals surface area contributed by atoms with Gasteiger partial charge in [-0.3, -0.25) is 0 Å². The summed E-state index contributed by atoms with van der Waals surface area (Å²) in [6.45, 7) is 2.05. The zero-order valence-corrected chi connectivity index (χ0v) is 11.5. The number of para-hydroxylation sites is 1. The molecule has 0 amide bonds. The molecule has 1 aromatic heterocycles. The molecule has 0 bridgehead atoms. The highest BCUT2D eigenvalue weighted by Crippen LogP contribution is 2.25. The first-order valence-electron chi connectivity index (χ1n) is 6.95. The second-order valence-corrected chi connectivity index (χ2v) is 5.17. The Bertz CT molecular complexity index is 698. The topological polar surface area (TPSA) is 33.4 Å². The number of hydrogen-bond donors (Lipinski definition) is 1. The molecule has 0 aliphatic heterocycles. The molecule has 1 N–H and O–H groups in total. The Hall–Kier alpha value is -2.06. The molecule has 3 aromatic rings. The van der Waals surface area contributed by atoms with E-state index in [0.717, 1.165) is 34.3 Å². The van der Waals surface area contributed by atoms with Crippen LogP contribution >= 0.6 is 0 Å². The second kappa shape index (κ2) is 5.51. The molecule has 2 nitrogen and oxygen atoms in total. The van der Waals surface area contributed by atoms with Gasteiger partial charge in [-0.15, -0.1) is 0 Å². The highest BCUT2D eigenvalue weighted by molar-refractivity contribution is 5.80. The highest BCUT2D eigenvalue weighted by atomic mass is 16.3. The Morgan fingerprint density at radius 3 is 2.60 bits per heavy atom. The van der Waals surface area contributed by atoms with Crippen LogP contribution < -0.4 is 0 Å². The van der Waals surface area contributed by atoms with Crippen molar-refractivity contribution in [3.63, 3.8) is 0 Å². The molecule has 3 rings (SSSR count). The summed E-state index contributed by atoms with van der Waals surface area (Å²) >= 11 is 0. The minimum absolute atomic E-state index is 0.439. The lowest BCUT2D eigenvalue weighted by atomic mass is 10.0. The van der Waals surface area contributed by atoms with Crippen molar-refractivity contribution in [3.8, 4) is 0 Å². The van der Waals surface area contributed by atoms with Crippen LogP contribution in [0.1, 0.15) is 29.4 Å². The SMILES string of the molecule is Cc1cccc2cc(CCC(O)c3ccccc3)oc12. The Morgan fingerprint density at radius 1 is 1.05 bits per heavy atom. The average Bonchev–Trinajstić information content (AvgIpc) is 2.90. The van der Waals surface area contributed by atoms with Crippen LogP contribution in [-0.2, 0) is 6.42 Å². The normalized spacial score (nSPS) is 12.7. The second-order valence-electron chi connectivity index (χ2n) is 5.17. The molecule has 20 heavy (non-hydrogen) atoms. The lowest BCUT2D eigenvalue weighted by molar-refractivity contribution is 0.165. The van der Waals surface area contributed by atoms with Crippen LogP contribution in [0.25, 0.3) is 11.0 Å². The molecule has 0 aliphatic rings. The molecule has 0 saturated carbocycles. The number of benzene rings is 2. The van der Waals surface area contributed by atoms with Crippen molar-refractivity contribution >= 4 is 11.0 Å². The van der Waals surface area contributed by atoms with Crippen molar-refractivity contribution in [3.05, 3.63) is 71.5 Å². The maximum Gasteiger partial charge on any atom is 0.137 e. The molecule has 1 unspecified atom stereocenters. The molecule has 0 spiro atoms. The van der Waals surface area contributed by atoms with Crippen molar-refractivity contribution in [1.82, 2.24) is 0 Å². The predicted octanol–water partition coefficient (Wildman–Crippen LogP) is 4.41. The monoisotopic (exact) mass is 266 g/mol. The molecular formula is C18H18O2. The van der Waals surface area contributed by atoms with Crippen molar-refractivity contribution < 1.29 is 9.52 Å². The third kappa shape index (κ3) is 2.61. The molecule has 1 atom stereocenters. The van der Waals surface area contributed by atoms with Gasteiger partial charge in [-0.1, -0.05) is 48.5 Å². The van der Waals surface area contributed by atoms with E-state index >= 15 is 0 Å². The molecule has 0 aliphatic carbocycles. The summed E-state index contributed by atoms with van der Waals surface area (Å²) in [5.41, 5.74) is 3.06. The maximum absolute atomic E-state index is 10.2. The van der Waals surface area contributed by atoms with Gasteiger partial charge in [0.25, 0.3) is 0 Å². The Balaban J connectivity index is 1.72. The summed E-state index contributed by atoms with van der Waals surface area (Å²) in [6.07, 6.45) is 0.970. The van der Waals surface area contributed by atoms with Crippen molar-refractivity contribution in [2.75, 3.05) is 0 Å². The van der Waals surface area contributed by atoms with E-state index in [1.54, 1.807) is 0 Å². The van der Waals surface area contributed by atoms with Gasteiger partial charge >= 0.3 is 0 Å². The van der Waals surface area contributed by atoms with Crippen LogP contribution in [-0.4, -0.2) is 5.11 Å². The summed E-state index contributed by atoms with van der Waals surface area (Å²) < 4.78 is 5.87. The fourth-order valence-corrected chi connectivity index (χ4v) is 2.51. The van der Waals surface area contributed by atoms with Crippen LogP contribution in [0.3, 0.4) is 0 Å². The molecular weight excluding hydrogens is 248 g/mol. The van der Waals surface area contributed by atoms with Gasteiger partial charge in [0.2, 0.25) is 0 Å². The smallest absolute Gasteiger partial charge is 0.137 e. The first-order chi connectivity index (χ1) is 9.74. The van der Waals surface area contributed by atoms with Gasteiger partial charge in [0, 0.05) is 11.8 Å². The van der Waals surface area contributed by atoms with Crippen LogP contribution in [0.2, 0.25) is 0 Å². The minimum atomic E-state index is -0.439. The third-order valence-electron chi connectivity index (χ3n) is 3.64. The molecule has 0 fully saturated rings. The number of rotatable bonds is 4. The number of aliphatic hydroxyl groups excluding tert-OH is 1. The zero-order chi connectivity index (χ0) is 13.9. The molecule has 0 radical (unpaired) electrons. The molecule has 1 heterocycles. The van der Waals surface area contributed by atoms with Gasteiger partial charge in [-0.25, -0.2) is 0 Å². The van der Waals surface area contributed by atoms with Crippen LogP contribution in [0.4, 0.5) is 0 Å². The van der Waals surface area contributed by atoms with E-state index in [1.807, 2.05) is 36.4 Å². The Labute approximate surface area is 118 Å². The minimum Gasteiger partial charge on any atom is -0.461 e. The standard InChI is InChI=1S/C18H18O2/c1-13-6-5-9-15-12-16(20-18(13)15)10-11-17(19)14-7-3-2-4-8-14/h2-9,12,17,19H,10-11H2,1H3. The highest BCUT2D eigenvalue weighted by Gasteiger charge is 2.10. The lowest BCUT2D eigenvalue weighted by Crippen LogP contribution is -1.98. The number of furan rings is 1. The zero-order valence-electron chi connectivity index (χ0n) is 11.5. The molecule has 2 aromatic carbocycles. The Morgan fingerprint density at radius 2 is 1.85 bits per heavy atom. The van der Waals surface area contributed by atoms with Gasteiger partial charge in [-0.2, -0.15) is 0 Å². The molecule has 0 saturated heterocycles. The molecule has 102 valence electrons. The van der Waals surface area contributed by atoms with Crippen LogP contribution in [0.15, 0.2) is 59.0 Å². The van der Waals surface area contributed by atoms with E-state index in [4.69, 9.17) is 4.42 Å². The number of aryl methyl sites for hydroxylation is 2. The van der Waals surface area contributed by atoms with Crippen molar-refractivity contribution in [2.24, 2.45) is 0 Å². The first-order valence-corrected chi connectivity index (χ1v) is 6.95. The van der Waals surface area contributed by atoms with Crippen molar-refractivity contribution in [1.29, 1.82) is 0 Å². The van der Waals surface area contributed by atoms with E-state index in [0.29, 0.717) is 6.42 Å². The number of aliphatic hydroxyl groups is 1. The summed E-state index contributed by atoms with van der Waals surface area (Å²) in [5, 5.41) is 11.3. The number of fused-ring (bicyclic) bond motifs is 1. The third-order valence-corrected chi connectivity index (χ3v) is 3.64. The van der Waals surface area contributed by atoms with E-state index in [-0.39, 0.29) is 0 Å². The van der Waals surface area contributed by atoms with Crippen LogP contribution in [0.5, 0.6) is 0 Å². The summed E-state index contributed by atoms with van der Waals surface area (Å²) in [5.74, 6) is 0.935. The van der Waals surface area contributed by atoms with Gasteiger partial charge in [0.05, 0.1) is 6.10 Å². The predicted molar refractivity (Wildman–Crippen MR) is 80.7 cm³/mol.